The molecular formula is C18H21Cl2N3O2. The summed E-state index contributed by atoms with van der Waals surface area (Å²) >= 11 is 11.6. The Bertz CT molecular complexity index is 687. The number of hydrazine groups is 1. The number of carbonyl (C=O) groups is 2. The van der Waals surface area contributed by atoms with Gasteiger partial charge in [-0.25, -0.2) is 4.98 Å². The fraction of sp³-hybridized carbons (Fsp3) is 0.611. The fourth-order valence-electron chi connectivity index (χ4n) is 5.64. The van der Waals surface area contributed by atoms with E-state index >= 15 is 0 Å². The number of hydrogen-bond donors (Lipinski definition) is 2. The lowest BCUT2D eigenvalue weighted by Crippen LogP contribution is -2.50. The molecule has 0 atom stereocenters. The van der Waals surface area contributed by atoms with Gasteiger partial charge in [0.25, 0.3) is 5.91 Å². The van der Waals surface area contributed by atoms with Crippen LogP contribution in [0.4, 0.5) is 0 Å². The zero-order valence-corrected chi connectivity index (χ0v) is 15.4. The average Bonchev–Trinajstić information content (AvgIpc) is 2.53. The van der Waals surface area contributed by atoms with Gasteiger partial charge in [-0.1, -0.05) is 23.2 Å². The number of nitrogens with one attached hydrogen (secondary N) is 2. The molecular weight excluding hydrogens is 361 g/mol. The zero-order chi connectivity index (χ0) is 17.6. The highest BCUT2D eigenvalue weighted by Crippen LogP contribution is 2.61. The van der Waals surface area contributed by atoms with Gasteiger partial charge in [0.1, 0.15) is 5.15 Å². The second-order valence-electron chi connectivity index (χ2n) is 8.09. The molecule has 25 heavy (non-hydrogen) atoms. The lowest BCUT2D eigenvalue weighted by molar-refractivity contribution is -0.130. The largest absolute Gasteiger partial charge is 0.273 e. The van der Waals surface area contributed by atoms with Crippen molar-refractivity contribution in [3.63, 3.8) is 0 Å². The molecule has 0 unspecified atom stereocenters. The van der Waals surface area contributed by atoms with Crippen LogP contribution in [0.2, 0.25) is 10.2 Å². The van der Waals surface area contributed by atoms with E-state index in [0.29, 0.717) is 6.42 Å². The van der Waals surface area contributed by atoms with Crippen LogP contribution in [-0.4, -0.2) is 16.8 Å². The maximum absolute atomic E-state index is 12.4. The van der Waals surface area contributed by atoms with Crippen LogP contribution in [0.25, 0.3) is 0 Å². The summed E-state index contributed by atoms with van der Waals surface area (Å²) < 4.78 is 0. The summed E-state index contributed by atoms with van der Waals surface area (Å²) in [5, 5.41) is 0.346. The van der Waals surface area contributed by atoms with Crippen LogP contribution in [0.1, 0.15) is 55.3 Å². The van der Waals surface area contributed by atoms with Gasteiger partial charge in [0, 0.05) is 12.6 Å². The van der Waals surface area contributed by atoms with E-state index in [0.717, 1.165) is 37.0 Å². The van der Waals surface area contributed by atoms with Crippen molar-refractivity contribution in [1.29, 1.82) is 0 Å². The quantitative estimate of drug-likeness (QED) is 0.618. The molecule has 4 fully saturated rings. The first-order valence-electron chi connectivity index (χ1n) is 8.83. The summed E-state index contributed by atoms with van der Waals surface area (Å²) in [7, 11) is 0. The number of nitrogens with zero attached hydrogens (tertiary/aromatic N) is 1. The summed E-state index contributed by atoms with van der Waals surface area (Å²) in [5.41, 5.74) is 5.40. The first kappa shape index (κ1) is 17.1. The number of rotatable bonds is 3. The SMILES string of the molecule is O=C(CC12CC3CC(CC(C3)C1)C2)NNC(=O)c1cnc(Cl)c(Cl)c1. The third kappa shape index (κ3) is 3.49. The number of carbonyl (C=O) groups excluding carboxylic acids is 2. The summed E-state index contributed by atoms with van der Waals surface area (Å²) in [6.45, 7) is 0. The normalized spacial score (nSPS) is 32.5. The van der Waals surface area contributed by atoms with E-state index in [1.54, 1.807) is 0 Å². The first-order valence-corrected chi connectivity index (χ1v) is 9.58. The van der Waals surface area contributed by atoms with Crippen LogP contribution in [0.15, 0.2) is 12.3 Å². The van der Waals surface area contributed by atoms with E-state index in [-0.39, 0.29) is 27.1 Å². The van der Waals surface area contributed by atoms with E-state index in [1.165, 1.54) is 31.5 Å². The second kappa shape index (κ2) is 6.44. The number of hydrogen-bond acceptors (Lipinski definition) is 3. The zero-order valence-electron chi connectivity index (χ0n) is 13.9. The molecule has 4 bridgehead atoms. The molecule has 0 aromatic carbocycles. The molecule has 4 aliphatic rings. The van der Waals surface area contributed by atoms with Crippen molar-refractivity contribution < 1.29 is 9.59 Å². The van der Waals surface area contributed by atoms with E-state index in [1.807, 2.05) is 0 Å². The smallest absolute Gasteiger partial charge is 0.271 e. The summed E-state index contributed by atoms with van der Waals surface area (Å²) in [4.78, 5) is 28.3. The lowest BCUT2D eigenvalue weighted by atomic mass is 9.49. The van der Waals surface area contributed by atoms with E-state index in [9.17, 15) is 9.59 Å². The van der Waals surface area contributed by atoms with Crippen LogP contribution in [0.3, 0.4) is 0 Å². The molecule has 4 aliphatic carbocycles. The Kier molecular flexibility index (Phi) is 4.40. The van der Waals surface area contributed by atoms with Crippen LogP contribution >= 0.6 is 23.2 Å². The Hall–Kier alpha value is -1.33. The van der Waals surface area contributed by atoms with Gasteiger partial charge in [0.15, 0.2) is 0 Å². The number of pyridine rings is 1. The molecule has 1 heterocycles. The predicted molar refractivity (Wildman–Crippen MR) is 95.1 cm³/mol. The summed E-state index contributed by atoms with van der Waals surface area (Å²) in [6, 6.07) is 1.43. The number of amides is 2. The van der Waals surface area contributed by atoms with Gasteiger partial charge in [0.05, 0.1) is 10.6 Å². The van der Waals surface area contributed by atoms with Crippen LogP contribution < -0.4 is 10.9 Å². The maximum Gasteiger partial charge on any atom is 0.271 e. The van der Waals surface area contributed by atoms with E-state index in [2.05, 4.69) is 15.8 Å². The van der Waals surface area contributed by atoms with Crippen molar-refractivity contribution >= 4 is 35.0 Å². The second-order valence-corrected chi connectivity index (χ2v) is 8.86. The van der Waals surface area contributed by atoms with Gasteiger partial charge in [0.2, 0.25) is 5.91 Å². The Morgan fingerprint density at radius 2 is 1.68 bits per heavy atom. The van der Waals surface area contributed by atoms with Crippen LogP contribution in [-0.2, 0) is 4.79 Å². The Balaban J connectivity index is 1.33. The highest BCUT2D eigenvalue weighted by Gasteiger charge is 2.51. The van der Waals surface area contributed by atoms with Gasteiger partial charge in [-0.15, -0.1) is 0 Å². The molecule has 0 aliphatic heterocycles. The van der Waals surface area contributed by atoms with Crippen molar-refractivity contribution in [2.75, 3.05) is 0 Å². The molecule has 0 spiro atoms. The number of halogens is 2. The third-order valence-electron chi connectivity index (χ3n) is 6.07. The van der Waals surface area contributed by atoms with Crippen molar-refractivity contribution in [2.24, 2.45) is 23.2 Å². The third-order valence-corrected chi connectivity index (χ3v) is 6.76. The van der Waals surface area contributed by atoms with Crippen molar-refractivity contribution in [3.05, 3.63) is 28.0 Å². The van der Waals surface area contributed by atoms with Gasteiger partial charge >= 0.3 is 0 Å². The summed E-state index contributed by atoms with van der Waals surface area (Å²) in [6.07, 6.45) is 9.36. The summed E-state index contributed by atoms with van der Waals surface area (Å²) in [5.74, 6) is 1.83. The minimum atomic E-state index is -0.454. The van der Waals surface area contributed by atoms with E-state index < -0.39 is 5.91 Å². The van der Waals surface area contributed by atoms with Crippen LogP contribution in [0.5, 0.6) is 0 Å². The maximum atomic E-state index is 12.4. The van der Waals surface area contributed by atoms with E-state index in [4.69, 9.17) is 23.2 Å². The van der Waals surface area contributed by atoms with Gasteiger partial charge in [-0.05, 0) is 67.8 Å². The molecule has 4 saturated carbocycles. The highest BCUT2D eigenvalue weighted by molar-refractivity contribution is 6.41. The Morgan fingerprint density at radius 1 is 1.08 bits per heavy atom. The Morgan fingerprint density at radius 3 is 2.24 bits per heavy atom. The molecule has 2 N–H and O–H groups in total. The first-order chi connectivity index (χ1) is 11.9. The topological polar surface area (TPSA) is 71.1 Å². The van der Waals surface area contributed by atoms with Gasteiger partial charge in [-0.2, -0.15) is 0 Å². The van der Waals surface area contributed by atoms with Crippen LogP contribution in [0, 0.1) is 23.2 Å². The number of aromatic nitrogens is 1. The standard InChI is InChI=1S/C18H21Cl2N3O2/c19-14-4-13(9-21-16(14)20)17(25)23-22-15(24)8-18-5-10-1-11(6-18)3-12(2-10)7-18/h4,9-12H,1-3,5-8H2,(H,22,24)(H,23,25). The van der Waals surface area contributed by atoms with Crippen molar-refractivity contribution in [1.82, 2.24) is 15.8 Å². The average molecular weight is 382 g/mol. The van der Waals surface area contributed by atoms with Gasteiger partial charge in [-0.3, -0.25) is 20.4 Å². The molecule has 1 aromatic heterocycles. The predicted octanol–water partition coefficient (Wildman–Crippen LogP) is 3.76. The molecule has 0 saturated heterocycles. The molecule has 5 nitrogen and oxygen atoms in total. The molecule has 5 rings (SSSR count). The molecule has 0 radical (unpaired) electrons. The molecule has 2 amide bonds. The highest BCUT2D eigenvalue weighted by atomic mass is 35.5. The lowest BCUT2D eigenvalue weighted by Gasteiger charge is -2.56. The van der Waals surface area contributed by atoms with Crippen molar-refractivity contribution in [3.8, 4) is 0 Å². The Labute approximate surface area is 156 Å². The molecule has 134 valence electrons. The monoisotopic (exact) mass is 381 g/mol. The minimum Gasteiger partial charge on any atom is -0.273 e. The molecule has 1 aromatic rings. The van der Waals surface area contributed by atoms with Crippen molar-refractivity contribution in [2.45, 2.75) is 44.9 Å². The minimum absolute atomic E-state index is 0.122. The van der Waals surface area contributed by atoms with Gasteiger partial charge < -0.3 is 0 Å². The molecule has 7 heteroatoms. The fourth-order valence-corrected chi connectivity index (χ4v) is 5.91.